The van der Waals surface area contributed by atoms with Gasteiger partial charge in [-0.25, -0.2) is 4.98 Å². The fourth-order valence-electron chi connectivity index (χ4n) is 1.66. The molecule has 96 valence electrons. The molecule has 1 N–H and O–H groups in total. The van der Waals surface area contributed by atoms with Gasteiger partial charge in [0.15, 0.2) is 0 Å². The van der Waals surface area contributed by atoms with Crippen LogP contribution < -0.4 is 0 Å². The van der Waals surface area contributed by atoms with Crippen molar-refractivity contribution in [3.8, 4) is 0 Å². The average molecular weight is 268 g/mol. The molecular formula is C12H14ClN3O2. The molecule has 0 saturated heterocycles. The molecule has 0 aliphatic carbocycles. The molecule has 5 nitrogen and oxygen atoms in total. The van der Waals surface area contributed by atoms with E-state index in [9.17, 15) is 5.11 Å². The Morgan fingerprint density at radius 2 is 2.28 bits per heavy atom. The van der Waals surface area contributed by atoms with Crippen molar-refractivity contribution in [2.24, 2.45) is 0 Å². The lowest BCUT2D eigenvalue weighted by atomic mass is 10.1. The highest BCUT2D eigenvalue weighted by molar-refractivity contribution is 6.29. The van der Waals surface area contributed by atoms with Crippen molar-refractivity contribution in [3.05, 3.63) is 47.0 Å². The van der Waals surface area contributed by atoms with Crippen LogP contribution in [-0.2, 0) is 11.3 Å². The fraction of sp³-hybridized carbons (Fsp3) is 0.333. The van der Waals surface area contributed by atoms with E-state index >= 15 is 0 Å². The van der Waals surface area contributed by atoms with Crippen LogP contribution in [0.25, 0.3) is 0 Å². The second kappa shape index (κ2) is 5.95. The molecule has 2 rings (SSSR count). The zero-order chi connectivity index (χ0) is 13.0. The number of halogens is 1. The van der Waals surface area contributed by atoms with Gasteiger partial charge in [0.05, 0.1) is 18.8 Å². The largest absolute Gasteiger partial charge is 0.383 e. The van der Waals surface area contributed by atoms with Crippen LogP contribution in [0.15, 0.2) is 30.6 Å². The van der Waals surface area contributed by atoms with Crippen LogP contribution in [0.2, 0.25) is 5.15 Å². The molecule has 0 aliphatic heterocycles. The van der Waals surface area contributed by atoms with Crippen molar-refractivity contribution in [2.75, 3.05) is 13.7 Å². The first-order chi connectivity index (χ1) is 8.72. The van der Waals surface area contributed by atoms with E-state index in [-0.39, 0.29) is 0 Å². The van der Waals surface area contributed by atoms with Gasteiger partial charge >= 0.3 is 0 Å². The maximum absolute atomic E-state index is 10.3. The molecule has 18 heavy (non-hydrogen) atoms. The number of pyridine rings is 1. The van der Waals surface area contributed by atoms with E-state index < -0.39 is 6.10 Å². The highest BCUT2D eigenvalue weighted by atomic mass is 35.5. The summed E-state index contributed by atoms with van der Waals surface area (Å²) in [6.45, 7) is 1.14. The molecule has 0 aromatic carbocycles. The van der Waals surface area contributed by atoms with Crippen LogP contribution in [0.5, 0.6) is 0 Å². The van der Waals surface area contributed by atoms with Crippen molar-refractivity contribution in [3.63, 3.8) is 0 Å². The predicted molar refractivity (Wildman–Crippen MR) is 67.4 cm³/mol. The number of aliphatic hydroxyl groups is 1. The normalized spacial score (nSPS) is 12.6. The summed E-state index contributed by atoms with van der Waals surface area (Å²) in [7, 11) is 1.63. The summed E-state index contributed by atoms with van der Waals surface area (Å²) in [6.07, 6.45) is 2.44. The topological polar surface area (TPSA) is 60.2 Å². The van der Waals surface area contributed by atoms with E-state index in [0.29, 0.717) is 29.6 Å². The summed E-state index contributed by atoms with van der Waals surface area (Å²) in [5.74, 6) is 0. The summed E-state index contributed by atoms with van der Waals surface area (Å²) in [5.41, 5.74) is 1.38. The Balaban J connectivity index is 2.20. The Labute approximate surface area is 110 Å². The fourth-order valence-corrected chi connectivity index (χ4v) is 1.77. The Hall–Kier alpha value is -1.43. The Bertz CT molecular complexity index is 498. The van der Waals surface area contributed by atoms with Crippen molar-refractivity contribution < 1.29 is 9.84 Å². The minimum absolute atomic E-state index is 0.402. The summed E-state index contributed by atoms with van der Waals surface area (Å²) >= 11 is 5.71. The lowest BCUT2D eigenvalue weighted by Crippen LogP contribution is -2.13. The molecular weight excluding hydrogens is 254 g/mol. The summed E-state index contributed by atoms with van der Waals surface area (Å²) in [6, 6.07) is 5.17. The number of methoxy groups -OCH3 is 1. The Morgan fingerprint density at radius 3 is 2.94 bits per heavy atom. The van der Waals surface area contributed by atoms with Gasteiger partial charge in [0, 0.05) is 25.1 Å². The number of aliphatic hydroxyl groups excluding tert-OH is 1. The summed E-state index contributed by atoms with van der Waals surface area (Å²) < 4.78 is 6.71. The molecule has 2 aromatic heterocycles. The zero-order valence-electron chi connectivity index (χ0n) is 9.95. The SMILES string of the molecule is COCCn1nccc1C(O)c1ccc(Cl)nc1. The molecule has 0 amide bonds. The van der Waals surface area contributed by atoms with Gasteiger partial charge in [-0.15, -0.1) is 0 Å². The van der Waals surface area contributed by atoms with Crippen LogP contribution in [0.3, 0.4) is 0 Å². The number of ether oxygens (including phenoxy) is 1. The molecule has 1 unspecified atom stereocenters. The molecule has 0 spiro atoms. The van der Waals surface area contributed by atoms with E-state index in [1.54, 1.807) is 42.4 Å². The zero-order valence-corrected chi connectivity index (χ0v) is 10.7. The van der Waals surface area contributed by atoms with Crippen molar-refractivity contribution in [2.45, 2.75) is 12.6 Å². The van der Waals surface area contributed by atoms with Crippen LogP contribution in [0.1, 0.15) is 17.4 Å². The maximum Gasteiger partial charge on any atom is 0.129 e. The average Bonchev–Trinajstić information content (AvgIpc) is 2.84. The van der Waals surface area contributed by atoms with E-state index in [2.05, 4.69) is 10.1 Å². The van der Waals surface area contributed by atoms with E-state index in [1.165, 1.54) is 0 Å². The van der Waals surface area contributed by atoms with Crippen LogP contribution in [0, 0.1) is 0 Å². The Kier molecular flexibility index (Phi) is 4.30. The lowest BCUT2D eigenvalue weighted by Gasteiger charge is -2.13. The third kappa shape index (κ3) is 2.87. The highest BCUT2D eigenvalue weighted by Gasteiger charge is 2.15. The maximum atomic E-state index is 10.3. The molecule has 0 radical (unpaired) electrons. The second-order valence-corrected chi connectivity index (χ2v) is 4.18. The number of rotatable bonds is 5. The number of hydrogen-bond donors (Lipinski definition) is 1. The van der Waals surface area contributed by atoms with Gasteiger partial charge in [0.1, 0.15) is 11.3 Å². The molecule has 2 heterocycles. The molecule has 6 heteroatoms. The third-order valence-corrected chi connectivity index (χ3v) is 2.83. The van der Waals surface area contributed by atoms with Gasteiger partial charge in [-0.05, 0) is 12.1 Å². The smallest absolute Gasteiger partial charge is 0.129 e. The van der Waals surface area contributed by atoms with Gasteiger partial charge in [-0.2, -0.15) is 5.10 Å². The Morgan fingerprint density at radius 1 is 1.44 bits per heavy atom. The van der Waals surface area contributed by atoms with Crippen molar-refractivity contribution in [1.82, 2.24) is 14.8 Å². The molecule has 0 saturated carbocycles. The second-order valence-electron chi connectivity index (χ2n) is 3.79. The van der Waals surface area contributed by atoms with Gasteiger partial charge in [-0.3, -0.25) is 4.68 Å². The summed E-state index contributed by atoms with van der Waals surface area (Å²) in [5, 5.41) is 14.8. The van der Waals surface area contributed by atoms with Crippen molar-refractivity contribution in [1.29, 1.82) is 0 Å². The molecule has 0 fully saturated rings. The first-order valence-electron chi connectivity index (χ1n) is 5.52. The van der Waals surface area contributed by atoms with Crippen LogP contribution in [-0.4, -0.2) is 33.6 Å². The van der Waals surface area contributed by atoms with E-state index in [4.69, 9.17) is 16.3 Å². The minimum atomic E-state index is -0.769. The van der Waals surface area contributed by atoms with Gasteiger partial charge < -0.3 is 9.84 Å². The van der Waals surface area contributed by atoms with Crippen molar-refractivity contribution >= 4 is 11.6 Å². The molecule has 0 bridgehead atoms. The lowest BCUT2D eigenvalue weighted by molar-refractivity contribution is 0.171. The van der Waals surface area contributed by atoms with Crippen LogP contribution in [0.4, 0.5) is 0 Å². The number of nitrogens with zero attached hydrogens (tertiary/aromatic N) is 3. The van der Waals surface area contributed by atoms with Gasteiger partial charge in [0.25, 0.3) is 0 Å². The van der Waals surface area contributed by atoms with Crippen LogP contribution >= 0.6 is 11.6 Å². The molecule has 2 aromatic rings. The van der Waals surface area contributed by atoms with Gasteiger partial charge in [-0.1, -0.05) is 17.7 Å². The first kappa shape index (κ1) is 13.0. The monoisotopic (exact) mass is 267 g/mol. The summed E-state index contributed by atoms with van der Waals surface area (Å²) in [4.78, 5) is 3.95. The quantitative estimate of drug-likeness (QED) is 0.837. The standard InChI is InChI=1S/C12H14ClN3O2/c1-18-7-6-16-10(4-5-15-16)12(17)9-2-3-11(13)14-8-9/h2-5,8,12,17H,6-7H2,1H3. The first-order valence-corrected chi connectivity index (χ1v) is 5.90. The number of hydrogen-bond acceptors (Lipinski definition) is 4. The van der Waals surface area contributed by atoms with E-state index in [1.807, 2.05) is 0 Å². The van der Waals surface area contributed by atoms with Gasteiger partial charge in [0.2, 0.25) is 0 Å². The minimum Gasteiger partial charge on any atom is -0.383 e. The predicted octanol–water partition coefficient (Wildman–Crippen LogP) is 1.66. The highest BCUT2D eigenvalue weighted by Crippen LogP contribution is 2.21. The number of aromatic nitrogens is 3. The molecule has 0 aliphatic rings. The van der Waals surface area contributed by atoms with E-state index in [0.717, 1.165) is 0 Å². The third-order valence-electron chi connectivity index (χ3n) is 2.60. The molecule has 1 atom stereocenters.